The van der Waals surface area contributed by atoms with Crippen LogP contribution in [0, 0.1) is 0 Å². The van der Waals surface area contributed by atoms with Crippen LogP contribution < -0.4 is 0 Å². The van der Waals surface area contributed by atoms with Crippen LogP contribution >= 0.6 is 0 Å². The summed E-state index contributed by atoms with van der Waals surface area (Å²) in [7, 11) is 1.49. The number of azide groups is 1. The first kappa shape index (κ1) is 18.1. The normalized spacial score (nSPS) is 36.5. The number of ether oxygens (including phenoxy) is 4. The SMILES string of the molecule is CO[C@H]1[C@H](O)[C@@H](N=[N+]=[N-])[C@@H]2OC(C)(C)O[C@@H]2[C@H]1OCc1ccccc1. The van der Waals surface area contributed by atoms with Crippen LogP contribution in [0.5, 0.6) is 0 Å². The van der Waals surface area contributed by atoms with Gasteiger partial charge in [0, 0.05) is 12.0 Å². The predicted octanol–water partition coefficient (Wildman–Crippen LogP) is 2.16. The molecule has 0 aromatic heterocycles. The van der Waals surface area contributed by atoms with E-state index < -0.39 is 42.3 Å². The number of aliphatic hydroxyl groups excluding tert-OH is 1. The van der Waals surface area contributed by atoms with Gasteiger partial charge in [0.1, 0.15) is 24.4 Å². The van der Waals surface area contributed by atoms with Gasteiger partial charge in [-0.1, -0.05) is 35.4 Å². The molecule has 8 heteroatoms. The van der Waals surface area contributed by atoms with Crippen molar-refractivity contribution in [3.05, 3.63) is 46.3 Å². The van der Waals surface area contributed by atoms with E-state index in [-0.39, 0.29) is 0 Å². The smallest absolute Gasteiger partial charge is 0.163 e. The van der Waals surface area contributed by atoms with Crippen molar-refractivity contribution in [2.45, 2.75) is 62.8 Å². The molecule has 1 saturated heterocycles. The fourth-order valence-electron chi connectivity index (χ4n) is 3.53. The van der Waals surface area contributed by atoms with Crippen molar-refractivity contribution in [1.82, 2.24) is 0 Å². The van der Waals surface area contributed by atoms with E-state index in [1.165, 1.54) is 7.11 Å². The summed E-state index contributed by atoms with van der Waals surface area (Å²) < 4.78 is 23.4. The first-order valence-electron chi connectivity index (χ1n) is 8.23. The average molecular weight is 349 g/mol. The van der Waals surface area contributed by atoms with Gasteiger partial charge in [-0.05, 0) is 24.9 Å². The Morgan fingerprint density at radius 1 is 1.20 bits per heavy atom. The molecule has 8 nitrogen and oxygen atoms in total. The number of nitrogens with zero attached hydrogens (tertiary/aromatic N) is 3. The van der Waals surface area contributed by atoms with E-state index in [4.69, 9.17) is 24.5 Å². The fraction of sp³-hybridized carbons (Fsp3) is 0.647. The van der Waals surface area contributed by atoms with E-state index in [2.05, 4.69) is 10.0 Å². The lowest BCUT2D eigenvalue weighted by Gasteiger charge is -2.43. The first-order chi connectivity index (χ1) is 12.0. The molecule has 1 aromatic rings. The predicted molar refractivity (Wildman–Crippen MR) is 88.6 cm³/mol. The lowest BCUT2D eigenvalue weighted by atomic mass is 9.83. The van der Waals surface area contributed by atoms with E-state index >= 15 is 0 Å². The van der Waals surface area contributed by atoms with Crippen molar-refractivity contribution < 1.29 is 24.1 Å². The molecule has 2 fully saturated rings. The molecule has 1 saturated carbocycles. The minimum Gasteiger partial charge on any atom is -0.390 e. The first-order valence-corrected chi connectivity index (χ1v) is 8.23. The maximum absolute atomic E-state index is 10.6. The van der Waals surface area contributed by atoms with Crippen LogP contribution in [0.4, 0.5) is 0 Å². The molecule has 1 aliphatic carbocycles. The molecule has 1 aliphatic heterocycles. The third-order valence-corrected chi connectivity index (χ3v) is 4.58. The molecule has 1 N–H and O–H groups in total. The Hall–Kier alpha value is -1.67. The second-order valence-corrected chi connectivity index (χ2v) is 6.71. The van der Waals surface area contributed by atoms with Gasteiger partial charge in [0.2, 0.25) is 0 Å². The van der Waals surface area contributed by atoms with E-state index in [1.54, 1.807) is 13.8 Å². The van der Waals surface area contributed by atoms with Crippen LogP contribution in [0.1, 0.15) is 19.4 Å². The molecule has 3 rings (SSSR count). The zero-order valence-corrected chi connectivity index (χ0v) is 14.5. The molecule has 25 heavy (non-hydrogen) atoms. The zero-order chi connectivity index (χ0) is 18.0. The van der Waals surface area contributed by atoms with Crippen molar-refractivity contribution in [1.29, 1.82) is 0 Å². The maximum atomic E-state index is 10.6. The molecule has 0 amide bonds. The summed E-state index contributed by atoms with van der Waals surface area (Å²) in [5.74, 6) is -0.866. The summed E-state index contributed by atoms with van der Waals surface area (Å²) in [6, 6.07) is 8.90. The van der Waals surface area contributed by atoms with Gasteiger partial charge >= 0.3 is 0 Å². The van der Waals surface area contributed by atoms with E-state index in [0.717, 1.165) is 5.56 Å². The number of fused-ring (bicyclic) bond motifs is 1. The topological polar surface area (TPSA) is 106 Å². The van der Waals surface area contributed by atoms with E-state index in [1.807, 2.05) is 30.3 Å². The lowest BCUT2D eigenvalue weighted by molar-refractivity contribution is -0.194. The van der Waals surface area contributed by atoms with Crippen LogP contribution in [-0.4, -0.2) is 54.6 Å². The highest BCUT2D eigenvalue weighted by atomic mass is 16.8. The molecule has 136 valence electrons. The van der Waals surface area contributed by atoms with Crippen molar-refractivity contribution >= 4 is 0 Å². The molecular weight excluding hydrogens is 326 g/mol. The Bertz CT molecular complexity index is 634. The Labute approximate surface area is 146 Å². The molecule has 0 radical (unpaired) electrons. The Kier molecular flexibility index (Phi) is 5.29. The molecule has 0 bridgehead atoms. The van der Waals surface area contributed by atoms with Crippen LogP contribution in [0.2, 0.25) is 0 Å². The Morgan fingerprint density at radius 3 is 2.52 bits per heavy atom. The van der Waals surface area contributed by atoms with Crippen LogP contribution in [0.25, 0.3) is 10.4 Å². The second-order valence-electron chi connectivity index (χ2n) is 6.71. The summed E-state index contributed by atoms with van der Waals surface area (Å²) in [5, 5.41) is 14.4. The molecular formula is C17H23N3O5. The maximum Gasteiger partial charge on any atom is 0.163 e. The van der Waals surface area contributed by atoms with Crippen molar-refractivity contribution in [3.8, 4) is 0 Å². The number of benzene rings is 1. The highest BCUT2D eigenvalue weighted by molar-refractivity contribution is 5.14. The Balaban J connectivity index is 1.85. The second kappa shape index (κ2) is 7.29. The summed E-state index contributed by atoms with van der Waals surface area (Å²) in [5.41, 5.74) is 9.84. The Morgan fingerprint density at radius 2 is 1.88 bits per heavy atom. The fourth-order valence-corrected chi connectivity index (χ4v) is 3.53. The van der Waals surface area contributed by atoms with Gasteiger partial charge in [-0.15, -0.1) is 0 Å². The van der Waals surface area contributed by atoms with E-state index in [9.17, 15) is 5.11 Å². The largest absolute Gasteiger partial charge is 0.390 e. The van der Waals surface area contributed by atoms with Crippen LogP contribution in [-0.2, 0) is 25.6 Å². The van der Waals surface area contributed by atoms with Gasteiger partial charge in [-0.2, -0.15) is 0 Å². The zero-order valence-electron chi connectivity index (χ0n) is 14.5. The van der Waals surface area contributed by atoms with Crippen molar-refractivity contribution in [3.63, 3.8) is 0 Å². The average Bonchev–Trinajstić information content (AvgIpc) is 2.91. The molecule has 1 heterocycles. The van der Waals surface area contributed by atoms with Gasteiger partial charge in [0.05, 0.1) is 18.8 Å². The van der Waals surface area contributed by atoms with Crippen molar-refractivity contribution in [2.75, 3.05) is 7.11 Å². The third-order valence-electron chi connectivity index (χ3n) is 4.58. The number of hydrogen-bond acceptors (Lipinski definition) is 6. The number of methoxy groups -OCH3 is 1. The van der Waals surface area contributed by atoms with Gasteiger partial charge < -0.3 is 24.1 Å². The summed E-state index contributed by atoms with van der Waals surface area (Å²) in [4.78, 5) is 2.84. The molecule has 1 aromatic carbocycles. The quantitative estimate of drug-likeness (QED) is 0.498. The van der Waals surface area contributed by atoms with Crippen LogP contribution in [0.15, 0.2) is 35.4 Å². The minimum atomic E-state index is -1.06. The van der Waals surface area contributed by atoms with Gasteiger partial charge in [-0.3, -0.25) is 0 Å². The monoisotopic (exact) mass is 349 g/mol. The highest BCUT2D eigenvalue weighted by Gasteiger charge is 2.58. The minimum absolute atomic E-state index is 0.345. The van der Waals surface area contributed by atoms with Gasteiger partial charge in [0.25, 0.3) is 0 Å². The molecule has 2 aliphatic rings. The van der Waals surface area contributed by atoms with Gasteiger partial charge in [0.15, 0.2) is 5.79 Å². The highest BCUT2D eigenvalue weighted by Crippen LogP contribution is 2.40. The lowest BCUT2D eigenvalue weighted by Crippen LogP contribution is -2.63. The standard InChI is InChI=1S/C17H23N3O5/c1-17(2)24-13-11(19-20-18)12(21)14(22-3)15(16(13)25-17)23-9-10-7-5-4-6-8-10/h4-8,11-16,21H,9H2,1-3H3/t11-,12-,13+,14+,15+,16+/m1/s1. The summed E-state index contributed by atoms with van der Waals surface area (Å²) in [6.07, 6.45) is -3.42. The number of hydrogen-bond donors (Lipinski definition) is 1. The van der Waals surface area contributed by atoms with E-state index in [0.29, 0.717) is 6.61 Å². The number of rotatable bonds is 5. The summed E-state index contributed by atoms with van der Waals surface area (Å²) in [6.45, 7) is 3.90. The van der Waals surface area contributed by atoms with Crippen molar-refractivity contribution in [2.24, 2.45) is 5.11 Å². The van der Waals surface area contributed by atoms with Gasteiger partial charge in [-0.25, -0.2) is 0 Å². The molecule has 6 atom stereocenters. The summed E-state index contributed by atoms with van der Waals surface area (Å²) >= 11 is 0. The molecule has 0 unspecified atom stereocenters. The number of aliphatic hydroxyl groups is 1. The van der Waals surface area contributed by atoms with Crippen LogP contribution in [0.3, 0.4) is 0 Å². The third kappa shape index (κ3) is 3.64. The molecule has 0 spiro atoms.